The number of ether oxygens (including phenoxy) is 1. The molecular weight excluding hydrogens is 440 g/mol. The van der Waals surface area contributed by atoms with Crippen LogP contribution in [-0.4, -0.2) is 34.2 Å². The second kappa shape index (κ2) is 11.2. The third-order valence-electron chi connectivity index (χ3n) is 6.38. The lowest BCUT2D eigenvalue weighted by molar-refractivity contribution is 0.204. The Morgan fingerprint density at radius 1 is 1.03 bits per heavy atom. The number of benzene rings is 2. The second-order valence-electron chi connectivity index (χ2n) is 8.72. The van der Waals surface area contributed by atoms with Gasteiger partial charge in [-0.1, -0.05) is 68.2 Å². The molecule has 7 nitrogen and oxygen atoms in total. The number of amides is 2. The van der Waals surface area contributed by atoms with Gasteiger partial charge in [0.15, 0.2) is 0 Å². The van der Waals surface area contributed by atoms with Gasteiger partial charge >= 0.3 is 6.03 Å². The van der Waals surface area contributed by atoms with Gasteiger partial charge in [-0.2, -0.15) is 4.98 Å². The largest absolute Gasteiger partial charge is 0.494 e. The number of nitrogens with one attached hydrogen (secondary N) is 1. The Bertz CT molecular complexity index is 1170. The minimum atomic E-state index is -0.406. The van der Waals surface area contributed by atoms with E-state index in [4.69, 9.17) is 14.2 Å². The molecule has 1 aliphatic rings. The van der Waals surface area contributed by atoms with Gasteiger partial charge in [-0.15, -0.1) is 0 Å². The Hall–Kier alpha value is -3.61. The maximum Gasteiger partial charge on any atom is 0.322 e. The van der Waals surface area contributed by atoms with Gasteiger partial charge < -0.3 is 14.6 Å². The summed E-state index contributed by atoms with van der Waals surface area (Å²) < 4.78 is 11.4. The van der Waals surface area contributed by atoms with Crippen molar-refractivity contribution in [3.05, 3.63) is 71.2 Å². The molecular formula is C28H34N4O3. The summed E-state index contributed by atoms with van der Waals surface area (Å²) in [5, 5.41) is 7.43. The number of unbranched alkanes of at least 4 members (excludes halogenated alkanes) is 2. The molecule has 1 N–H and O–H groups in total. The van der Waals surface area contributed by atoms with Crippen molar-refractivity contribution in [3.63, 3.8) is 0 Å². The summed E-state index contributed by atoms with van der Waals surface area (Å²) in [5.41, 5.74) is 4.72. The van der Waals surface area contributed by atoms with Gasteiger partial charge in [-0.3, -0.25) is 4.90 Å². The molecule has 0 bridgehead atoms. The third-order valence-corrected chi connectivity index (χ3v) is 6.38. The maximum atomic E-state index is 13.1. The molecule has 184 valence electrons. The van der Waals surface area contributed by atoms with Gasteiger partial charge in [0.1, 0.15) is 5.75 Å². The molecule has 0 radical (unpaired) electrons. The summed E-state index contributed by atoms with van der Waals surface area (Å²) >= 11 is 0. The summed E-state index contributed by atoms with van der Waals surface area (Å²) in [6.07, 6.45) is 4.05. The topological polar surface area (TPSA) is 80.5 Å². The van der Waals surface area contributed by atoms with Crippen molar-refractivity contribution in [1.82, 2.24) is 20.4 Å². The van der Waals surface area contributed by atoms with Crippen LogP contribution >= 0.6 is 0 Å². The summed E-state index contributed by atoms with van der Waals surface area (Å²) in [6, 6.07) is 15.4. The second-order valence-corrected chi connectivity index (χ2v) is 8.72. The van der Waals surface area contributed by atoms with E-state index in [1.807, 2.05) is 50.2 Å². The highest BCUT2D eigenvalue weighted by Gasteiger charge is 2.35. The van der Waals surface area contributed by atoms with Crippen LogP contribution in [0.15, 0.2) is 58.8 Å². The molecule has 1 aromatic heterocycles. The number of carbonyl (C=O) groups excluding carboxylic acids is 1. The van der Waals surface area contributed by atoms with E-state index in [0.717, 1.165) is 53.8 Å². The lowest BCUT2D eigenvalue weighted by atomic mass is 9.94. The molecule has 3 aromatic rings. The van der Waals surface area contributed by atoms with Gasteiger partial charge in [0.2, 0.25) is 5.82 Å². The van der Waals surface area contributed by atoms with Crippen LogP contribution in [0.25, 0.3) is 17.0 Å². The molecule has 0 saturated heterocycles. The van der Waals surface area contributed by atoms with E-state index in [9.17, 15) is 4.79 Å². The van der Waals surface area contributed by atoms with Crippen molar-refractivity contribution >= 4 is 11.6 Å². The first kappa shape index (κ1) is 24.5. The average molecular weight is 475 g/mol. The fourth-order valence-electron chi connectivity index (χ4n) is 4.36. The molecule has 0 fully saturated rings. The number of carbonyl (C=O) groups is 1. The standard InChI is InChI=1S/C28H34N4O3/c1-5-8-9-18-32-19(4)24(25(29-28(32)33)21-14-16-23(17-15-21)34-7-3)27-30-26(31-35-27)22-12-10-20(6-2)11-13-22/h10-17,25H,5-9,18H2,1-4H3,(H,29,33). The monoisotopic (exact) mass is 474 g/mol. The predicted molar refractivity (Wildman–Crippen MR) is 137 cm³/mol. The molecule has 1 aliphatic heterocycles. The molecule has 0 saturated carbocycles. The van der Waals surface area contributed by atoms with E-state index in [0.29, 0.717) is 24.9 Å². The average Bonchev–Trinajstić information content (AvgIpc) is 3.36. The number of aryl methyl sites for hydroxylation is 1. The van der Waals surface area contributed by atoms with Gasteiger partial charge in [0, 0.05) is 17.8 Å². The molecule has 7 heteroatoms. The molecule has 0 spiro atoms. The normalized spacial score (nSPS) is 15.9. The molecule has 35 heavy (non-hydrogen) atoms. The molecule has 2 heterocycles. The minimum absolute atomic E-state index is 0.115. The number of rotatable bonds is 10. The van der Waals surface area contributed by atoms with Crippen LogP contribution in [0.2, 0.25) is 0 Å². The molecule has 1 unspecified atom stereocenters. The fourth-order valence-corrected chi connectivity index (χ4v) is 4.36. The number of aromatic nitrogens is 2. The highest BCUT2D eigenvalue weighted by atomic mass is 16.5. The van der Waals surface area contributed by atoms with Crippen LogP contribution in [-0.2, 0) is 6.42 Å². The highest BCUT2D eigenvalue weighted by molar-refractivity contribution is 5.86. The first-order valence-electron chi connectivity index (χ1n) is 12.5. The number of hydrogen-bond acceptors (Lipinski definition) is 5. The van der Waals surface area contributed by atoms with E-state index < -0.39 is 6.04 Å². The van der Waals surface area contributed by atoms with Crippen molar-refractivity contribution in [3.8, 4) is 17.1 Å². The van der Waals surface area contributed by atoms with Gasteiger partial charge in [0.25, 0.3) is 5.89 Å². The number of hydrogen-bond donors (Lipinski definition) is 1. The van der Waals surface area contributed by atoms with Crippen LogP contribution in [0.3, 0.4) is 0 Å². The minimum Gasteiger partial charge on any atom is -0.494 e. The zero-order valence-electron chi connectivity index (χ0n) is 21.0. The summed E-state index contributed by atoms with van der Waals surface area (Å²) in [4.78, 5) is 19.6. The zero-order valence-corrected chi connectivity index (χ0v) is 21.0. The van der Waals surface area contributed by atoms with E-state index in [-0.39, 0.29) is 6.03 Å². The Labute approximate surface area is 207 Å². The quantitative estimate of drug-likeness (QED) is 0.345. The Morgan fingerprint density at radius 2 is 1.77 bits per heavy atom. The maximum absolute atomic E-state index is 13.1. The first-order chi connectivity index (χ1) is 17.0. The van der Waals surface area contributed by atoms with E-state index in [1.54, 1.807) is 4.90 Å². The van der Waals surface area contributed by atoms with E-state index in [1.165, 1.54) is 5.56 Å². The summed E-state index contributed by atoms with van der Waals surface area (Å²) in [6.45, 7) is 9.43. The van der Waals surface area contributed by atoms with Crippen LogP contribution in [0.1, 0.15) is 70.0 Å². The SMILES string of the molecule is CCCCCN1C(=O)NC(c2ccc(OCC)cc2)C(c2nc(-c3ccc(CC)cc3)no2)=C1C. The molecule has 2 amide bonds. The van der Waals surface area contributed by atoms with Crippen molar-refractivity contribution < 1.29 is 14.1 Å². The van der Waals surface area contributed by atoms with Crippen LogP contribution in [0.4, 0.5) is 4.79 Å². The van der Waals surface area contributed by atoms with Gasteiger partial charge in [-0.05, 0) is 49.9 Å². The third kappa shape index (κ3) is 5.39. The van der Waals surface area contributed by atoms with Crippen molar-refractivity contribution in [2.45, 2.75) is 59.4 Å². The first-order valence-corrected chi connectivity index (χ1v) is 12.5. The molecule has 0 aliphatic carbocycles. The highest BCUT2D eigenvalue weighted by Crippen LogP contribution is 2.38. The van der Waals surface area contributed by atoms with Gasteiger partial charge in [0.05, 0.1) is 18.2 Å². The number of urea groups is 1. The summed E-state index contributed by atoms with van der Waals surface area (Å²) in [7, 11) is 0. The van der Waals surface area contributed by atoms with E-state index in [2.05, 4.69) is 36.5 Å². The molecule has 4 rings (SSSR count). The van der Waals surface area contributed by atoms with Crippen molar-refractivity contribution in [2.75, 3.05) is 13.2 Å². The van der Waals surface area contributed by atoms with Crippen LogP contribution in [0, 0.1) is 0 Å². The van der Waals surface area contributed by atoms with Crippen molar-refractivity contribution in [1.29, 1.82) is 0 Å². The summed E-state index contributed by atoms with van der Waals surface area (Å²) in [5.74, 6) is 1.73. The number of nitrogens with zero attached hydrogens (tertiary/aromatic N) is 3. The lowest BCUT2D eigenvalue weighted by Gasteiger charge is -2.35. The van der Waals surface area contributed by atoms with Gasteiger partial charge in [-0.25, -0.2) is 4.79 Å². The molecule has 1 atom stereocenters. The fraction of sp³-hybridized carbons (Fsp3) is 0.393. The Kier molecular flexibility index (Phi) is 7.85. The van der Waals surface area contributed by atoms with E-state index >= 15 is 0 Å². The molecule has 2 aromatic carbocycles. The van der Waals surface area contributed by atoms with Crippen molar-refractivity contribution in [2.24, 2.45) is 0 Å². The zero-order chi connectivity index (χ0) is 24.8. The Balaban J connectivity index is 1.72. The smallest absolute Gasteiger partial charge is 0.322 e. The van der Waals surface area contributed by atoms with Crippen LogP contribution < -0.4 is 10.1 Å². The Morgan fingerprint density at radius 3 is 2.43 bits per heavy atom. The lowest BCUT2D eigenvalue weighted by Crippen LogP contribution is -2.46. The predicted octanol–water partition coefficient (Wildman–Crippen LogP) is 6.39. The van der Waals surface area contributed by atoms with Crippen LogP contribution in [0.5, 0.6) is 5.75 Å². The number of allylic oxidation sites excluding steroid dienone is 1.